The van der Waals surface area contributed by atoms with Gasteiger partial charge in [0.15, 0.2) is 0 Å². The zero-order valence-corrected chi connectivity index (χ0v) is 13.1. The summed E-state index contributed by atoms with van der Waals surface area (Å²) in [5.74, 6) is -0.391. The normalized spacial score (nSPS) is 10.9. The van der Waals surface area contributed by atoms with Gasteiger partial charge < -0.3 is 14.8 Å². The van der Waals surface area contributed by atoms with Crippen LogP contribution in [0.25, 0.3) is 22.3 Å². The van der Waals surface area contributed by atoms with E-state index in [-0.39, 0.29) is 17.5 Å². The van der Waals surface area contributed by atoms with Crippen molar-refractivity contribution in [3.63, 3.8) is 0 Å². The number of rotatable bonds is 2. The van der Waals surface area contributed by atoms with E-state index >= 15 is 0 Å². The lowest BCUT2D eigenvalue weighted by Crippen LogP contribution is -2.18. The molecule has 1 heterocycles. The van der Waals surface area contributed by atoms with Crippen molar-refractivity contribution in [3.8, 4) is 17.1 Å². The van der Waals surface area contributed by atoms with Gasteiger partial charge in [-0.05, 0) is 52.3 Å². The van der Waals surface area contributed by atoms with Crippen LogP contribution in [0.5, 0.6) is 5.75 Å². The monoisotopic (exact) mass is 363 g/mol. The van der Waals surface area contributed by atoms with Gasteiger partial charge in [0.1, 0.15) is 22.9 Å². The van der Waals surface area contributed by atoms with Gasteiger partial charge in [0.2, 0.25) is 0 Å². The second kappa shape index (κ2) is 5.46. The number of halogens is 2. The Labute approximate surface area is 133 Å². The fourth-order valence-electron chi connectivity index (χ4n) is 2.26. The predicted octanol–water partition coefficient (Wildman–Crippen LogP) is 4.07. The Morgan fingerprint density at radius 2 is 1.95 bits per heavy atom. The standard InChI is InChI=1S/C16H11BrFNO3/c1-19-16(21)14-10-6-12(20)11(17)7-13(10)22-15(14)8-2-4-9(18)5-3-8/h2-7,20H,1H3,(H,19,21). The van der Waals surface area contributed by atoms with Gasteiger partial charge in [0.05, 0.1) is 10.0 Å². The van der Waals surface area contributed by atoms with Gasteiger partial charge in [0.25, 0.3) is 5.91 Å². The predicted molar refractivity (Wildman–Crippen MR) is 84.4 cm³/mol. The van der Waals surface area contributed by atoms with Crippen LogP contribution in [0.1, 0.15) is 10.4 Å². The topological polar surface area (TPSA) is 62.5 Å². The van der Waals surface area contributed by atoms with E-state index in [4.69, 9.17) is 4.42 Å². The van der Waals surface area contributed by atoms with Crippen LogP contribution in [-0.2, 0) is 0 Å². The zero-order chi connectivity index (χ0) is 15.9. The number of benzene rings is 2. The van der Waals surface area contributed by atoms with Crippen molar-refractivity contribution in [2.24, 2.45) is 0 Å². The zero-order valence-electron chi connectivity index (χ0n) is 11.5. The smallest absolute Gasteiger partial charge is 0.255 e. The minimum atomic E-state index is -0.373. The average Bonchev–Trinajstić information content (AvgIpc) is 2.86. The number of furan rings is 1. The lowest BCUT2D eigenvalue weighted by atomic mass is 10.0. The van der Waals surface area contributed by atoms with Crippen molar-refractivity contribution < 1.29 is 18.7 Å². The molecule has 2 N–H and O–H groups in total. The Morgan fingerprint density at radius 1 is 1.27 bits per heavy atom. The quantitative estimate of drug-likeness (QED) is 0.721. The van der Waals surface area contributed by atoms with Crippen LogP contribution >= 0.6 is 15.9 Å². The molecule has 2 aromatic carbocycles. The molecule has 22 heavy (non-hydrogen) atoms. The molecule has 0 aliphatic rings. The fraction of sp³-hybridized carbons (Fsp3) is 0.0625. The Bertz CT molecular complexity index is 871. The summed E-state index contributed by atoms with van der Waals surface area (Å²) in [6, 6.07) is 8.71. The first kappa shape index (κ1) is 14.6. The van der Waals surface area contributed by atoms with E-state index in [1.807, 2.05) is 0 Å². The van der Waals surface area contributed by atoms with Gasteiger partial charge in [0, 0.05) is 18.0 Å². The molecule has 0 atom stereocenters. The molecule has 1 aromatic heterocycles. The van der Waals surface area contributed by atoms with Crippen molar-refractivity contribution >= 4 is 32.8 Å². The average molecular weight is 364 g/mol. The minimum Gasteiger partial charge on any atom is -0.507 e. The first-order valence-electron chi connectivity index (χ1n) is 6.44. The highest BCUT2D eigenvalue weighted by atomic mass is 79.9. The summed E-state index contributed by atoms with van der Waals surface area (Å²) < 4.78 is 19.3. The highest BCUT2D eigenvalue weighted by Gasteiger charge is 2.22. The molecule has 4 nitrogen and oxygen atoms in total. The molecule has 1 amide bonds. The van der Waals surface area contributed by atoms with E-state index in [1.165, 1.54) is 37.4 Å². The molecule has 0 fully saturated rings. The van der Waals surface area contributed by atoms with Crippen LogP contribution in [0.3, 0.4) is 0 Å². The van der Waals surface area contributed by atoms with Gasteiger partial charge in [-0.3, -0.25) is 4.79 Å². The summed E-state index contributed by atoms with van der Waals surface area (Å²) >= 11 is 3.21. The number of hydrogen-bond donors (Lipinski definition) is 2. The third-order valence-electron chi connectivity index (χ3n) is 3.32. The molecule has 0 spiro atoms. The van der Waals surface area contributed by atoms with Gasteiger partial charge in [-0.15, -0.1) is 0 Å². The molecule has 0 aliphatic heterocycles. The lowest BCUT2D eigenvalue weighted by molar-refractivity contribution is 0.0964. The van der Waals surface area contributed by atoms with Crippen molar-refractivity contribution in [3.05, 3.63) is 52.3 Å². The molecule has 0 radical (unpaired) electrons. The molecule has 0 saturated heterocycles. The number of aromatic hydroxyl groups is 1. The van der Waals surface area contributed by atoms with Gasteiger partial charge in [-0.25, -0.2) is 4.39 Å². The van der Waals surface area contributed by atoms with E-state index in [0.717, 1.165) is 0 Å². The Morgan fingerprint density at radius 3 is 2.59 bits per heavy atom. The SMILES string of the molecule is CNC(=O)c1c(-c2ccc(F)cc2)oc2cc(Br)c(O)cc12. The van der Waals surface area contributed by atoms with Gasteiger partial charge >= 0.3 is 0 Å². The number of phenols is 1. The van der Waals surface area contributed by atoms with Crippen LogP contribution in [0.2, 0.25) is 0 Å². The summed E-state index contributed by atoms with van der Waals surface area (Å²) in [5.41, 5.74) is 1.32. The number of carbonyl (C=O) groups excluding carboxylic acids is 1. The summed E-state index contributed by atoms with van der Waals surface area (Å²) in [6.45, 7) is 0. The van der Waals surface area contributed by atoms with Crippen LogP contribution in [0.15, 0.2) is 45.3 Å². The molecule has 3 aromatic rings. The van der Waals surface area contributed by atoms with Crippen molar-refractivity contribution in [2.45, 2.75) is 0 Å². The number of hydrogen-bond acceptors (Lipinski definition) is 3. The summed E-state index contributed by atoms with van der Waals surface area (Å²) in [6.07, 6.45) is 0. The maximum atomic E-state index is 13.1. The summed E-state index contributed by atoms with van der Waals surface area (Å²) in [7, 11) is 1.51. The molecular formula is C16H11BrFNO3. The number of nitrogens with one attached hydrogen (secondary N) is 1. The van der Waals surface area contributed by atoms with E-state index in [9.17, 15) is 14.3 Å². The first-order chi connectivity index (χ1) is 10.5. The van der Waals surface area contributed by atoms with E-state index in [0.29, 0.717) is 32.3 Å². The minimum absolute atomic E-state index is 0.00380. The summed E-state index contributed by atoms with van der Waals surface area (Å²) in [4.78, 5) is 12.2. The number of fused-ring (bicyclic) bond motifs is 1. The Hall–Kier alpha value is -2.34. The first-order valence-corrected chi connectivity index (χ1v) is 7.23. The van der Waals surface area contributed by atoms with Crippen LogP contribution in [0.4, 0.5) is 4.39 Å². The van der Waals surface area contributed by atoms with Gasteiger partial charge in [-0.1, -0.05) is 0 Å². The largest absolute Gasteiger partial charge is 0.507 e. The lowest BCUT2D eigenvalue weighted by Gasteiger charge is -2.02. The maximum Gasteiger partial charge on any atom is 0.255 e. The van der Waals surface area contributed by atoms with Crippen molar-refractivity contribution in [1.82, 2.24) is 5.32 Å². The molecule has 3 rings (SSSR count). The van der Waals surface area contributed by atoms with Crippen LogP contribution in [0, 0.1) is 5.82 Å². The highest BCUT2D eigenvalue weighted by Crippen LogP contribution is 2.38. The van der Waals surface area contributed by atoms with Crippen molar-refractivity contribution in [2.75, 3.05) is 7.05 Å². The molecular weight excluding hydrogens is 353 g/mol. The van der Waals surface area contributed by atoms with E-state index in [2.05, 4.69) is 21.2 Å². The summed E-state index contributed by atoms with van der Waals surface area (Å²) in [5, 5.41) is 12.9. The maximum absolute atomic E-state index is 13.1. The fourth-order valence-corrected chi connectivity index (χ4v) is 2.58. The van der Waals surface area contributed by atoms with E-state index < -0.39 is 0 Å². The number of carbonyl (C=O) groups is 1. The van der Waals surface area contributed by atoms with Crippen LogP contribution < -0.4 is 5.32 Å². The van der Waals surface area contributed by atoms with Crippen molar-refractivity contribution in [1.29, 1.82) is 0 Å². The highest BCUT2D eigenvalue weighted by molar-refractivity contribution is 9.10. The van der Waals surface area contributed by atoms with Crippen LogP contribution in [-0.4, -0.2) is 18.1 Å². The molecule has 0 bridgehead atoms. The molecule has 0 aliphatic carbocycles. The Kier molecular flexibility index (Phi) is 3.62. The molecule has 6 heteroatoms. The third-order valence-corrected chi connectivity index (χ3v) is 3.95. The molecule has 0 unspecified atom stereocenters. The van der Waals surface area contributed by atoms with Gasteiger partial charge in [-0.2, -0.15) is 0 Å². The van der Waals surface area contributed by atoms with E-state index in [1.54, 1.807) is 6.07 Å². The molecule has 112 valence electrons. The number of phenolic OH excluding ortho intramolecular Hbond substituents is 1. The number of amides is 1. The third kappa shape index (κ3) is 2.35. The second-order valence-corrected chi connectivity index (χ2v) is 5.55. The second-order valence-electron chi connectivity index (χ2n) is 4.69. The Balaban J connectivity index is 2.33. The molecule has 0 saturated carbocycles.